The van der Waals surface area contributed by atoms with Crippen LogP contribution >= 0.6 is 0 Å². The van der Waals surface area contributed by atoms with E-state index in [4.69, 9.17) is 4.74 Å². The molecule has 2 heterocycles. The number of morpholine rings is 1. The average molecular weight is 433 g/mol. The molecule has 32 heavy (non-hydrogen) atoms. The molecule has 1 aliphatic heterocycles. The van der Waals surface area contributed by atoms with E-state index in [2.05, 4.69) is 66.5 Å². The molecule has 0 atom stereocenters. The first kappa shape index (κ1) is 22.0. The van der Waals surface area contributed by atoms with E-state index in [-0.39, 0.29) is 0 Å². The lowest BCUT2D eigenvalue weighted by molar-refractivity contribution is 0.0341. The molecule has 0 bridgehead atoms. The van der Waals surface area contributed by atoms with Crippen molar-refractivity contribution in [2.24, 2.45) is 4.99 Å². The maximum Gasteiger partial charge on any atom is 0.194 e. The van der Waals surface area contributed by atoms with Crippen LogP contribution in [0.1, 0.15) is 17.0 Å². The van der Waals surface area contributed by atoms with Crippen LogP contribution in [0.15, 0.2) is 65.8 Å². The van der Waals surface area contributed by atoms with Crippen LogP contribution in [0, 0.1) is 0 Å². The number of H-pyrrole nitrogens is 1. The summed E-state index contributed by atoms with van der Waals surface area (Å²) in [6, 6.07) is 18.9. The second-order valence-corrected chi connectivity index (χ2v) is 8.02. The summed E-state index contributed by atoms with van der Waals surface area (Å²) in [6.07, 6.45) is 1.89. The van der Waals surface area contributed by atoms with Gasteiger partial charge in [0, 0.05) is 40.3 Å². The zero-order valence-corrected chi connectivity index (χ0v) is 18.9. The van der Waals surface area contributed by atoms with Gasteiger partial charge < -0.3 is 19.9 Å². The van der Waals surface area contributed by atoms with Crippen LogP contribution in [0.2, 0.25) is 0 Å². The molecule has 0 amide bonds. The van der Waals surface area contributed by atoms with E-state index in [9.17, 15) is 0 Å². The Hall–Kier alpha value is -3.16. The maximum absolute atomic E-state index is 5.48. The highest BCUT2D eigenvalue weighted by Crippen LogP contribution is 2.17. The van der Waals surface area contributed by atoms with E-state index in [1.54, 1.807) is 0 Å². The van der Waals surface area contributed by atoms with Gasteiger partial charge in [-0.1, -0.05) is 54.6 Å². The molecule has 2 N–H and O–H groups in total. The van der Waals surface area contributed by atoms with Crippen molar-refractivity contribution in [2.45, 2.75) is 19.6 Å². The fraction of sp³-hybridized carbons (Fsp3) is 0.360. The molecule has 4 rings (SSSR count). The van der Waals surface area contributed by atoms with Crippen molar-refractivity contribution in [3.63, 3.8) is 0 Å². The van der Waals surface area contributed by atoms with Crippen molar-refractivity contribution in [2.75, 3.05) is 40.4 Å². The molecule has 0 spiro atoms. The number of hydrogen-bond acceptors (Lipinski definition) is 4. The van der Waals surface area contributed by atoms with E-state index < -0.39 is 0 Å². The topological polar surface area (TPSA) is 68.8 Å². The minimum Gasteiger partial charge on any atom is -0.379 e. The number of benzene rings is 2. The number of aromatic amines is 1. The molecule has 2 aromatic carbocycles. The van der Waals surface area contributed by atoms with Crippen LogP contribution in [0.3, 0.4) is 0 Å². The van der Waals surface area contributed by atoms with Crippen molar-refractivity contribution >= 4 is 5.96 Å². The van der Waals surface area contributed by atoms with Crippen molar-refractivity contribution in [1.82, 2.24) is 25.1 Å². The summed E-state index contributed by atoms with van der Waals surface area (Å²) in [6.45, 7) is 5.92. The number of nitrogens with one attached hydrogen (secondary N) is 2. The SMILES string of the molecule is CN=C(NCc1ccccc1CN1CCOCC1)N(C)Cc1ncc(-c2ccccc2)[nH]1. The van der Waals surface area contributed by atoms with Crippen molar-refractivity contribution in [3.8, 4) is 11.3 Å². The fourth-order valence-corrected chi connectivity index (χ4v) is 3.95. The fourth-order valence-electron chi connectivity index (χ4n) is 3.95. The van der Waals surface area contributed by atoms with Crippen LogP contribution < -0.4 is 5.32 Å². The first-order chi connectivity index (χ1) is 15.7. The Balaban J connectivity index is 1.35. The Morgan fingerprint density at radius 3 is 2.56 bits per heavy atom. The summed E-state index contributed by atoms with van der Waals surface area (Å²) < 4.78 is 5.48. The van der Waals surface area contributed by atoms with Gasteiger partial charge in [-0.3, -0.25) is 9.89 Å². The van der Waals surface area contributed by atoms with Crippen LogP contribution in [0.5, 0.6) is 0 Å². The molecule has 1 fully saturated rings. The summed E-state index contributed by atoms with van der Waals surface area (Å²) in [5, 5.41) is 3.51. The first-order valence-corrected chi connectivity index (χ1v) is 11.1. The summed E-state index contributed by atoms with van der Waals surface area (Å²) in [7, 11) is 3.84. The smallest absolute Gasteiger partial charge is 0.194 e. The molecule has 0 unspecified atom stereocenters. The first-order valence-electron chi connectivity index (χ1n) is 11.1. The van der Waals surface area contributed by atoms with Gasteiger partial charge in [0.1, 0.15) is 5.82 Å². The third kappa shape index (κ3) is 5.75. The molecule has 1 aliphatic rings. The Kier molecular flexibility index (Phi) is 7.53. The van der Waals surface area contributed by atoms with Gasteiger partial charge >= 0.3 is 0 Å². The molecule has 0 aliphatic carbocycles. The highest BCUT2D eigenvalue weighted by Gasteiger charge is 2.14. The lowest BCUT2D eigenvalue weighted by Gasteiger charge is -2.27. The second-order valence-electron chi connectivity index (χ2n) is 8.02. The average Bonchev–Trinajstić information content (AvgIpc) is 3.30. The summed E-state index contributed by atoms with van der Waals surface area (Å²) in [5.41, 5.74) is 4.79. The molecule has 0 radical (unpaired) electrons. The molecule has 7 heteroatoms. The zero-order chi connectivity index (χ0) is 22.2. The van der Waals surface area contributed by atoms with E-state index in [0.29, 0.717) is 6.54 Å². The summed E-state index contributed by atoms with van der Waals surface area (Å²) in [4.78, 5) is 17.0. The highest BCUT2D eigenvalue weighted by atomic mass is 16.5. The largest absolute Gasteiger partial charge is 0.379 e. The second kappa shape index (κ2) is 10.9. The third-order valence-electron chi connectivity index (χ3n) is 5.73. The Morgan fingerprint density at radius 2 is 1.81 bits per heavy atom. The monoisotopic (exact) mass is 432 g/mol. The Labute approximate surface area is 190 Å². The predicted molar refractivity (Wildman–Crippen MR) is 128 cm³/mol. The predicted octanol–water partition coefficient (Wildman–Crippen LogP) is 3.12. The van der Waals surface area contributed by atoms with Gasteiger partial charge in [0.15, 0.2) is 5.96 Å². The Bertz CT molecular complexity index is 1010. The summed E-state index contributed by atoms with van der Waals surface area (Å²) >= 11 is 0. The Morgan fingerprint density at radius 1 is 1.09 bits per heavy atom. The molecule has 1 aromatic heterocycles. The number of aromatic nitrogens is 2. The van der Waals surface area contributed by atoms with Gasteiger partial charge in [-0.15, -0.1) is 0 Å². The third-order valence-corrected chi connectivity index (χ3v) is 5.73. The lowest BCUT2D eigenvalue weighted by Crippen LogP contribution is -2.39. The van der Waals surface area contributed by atoms with Crippen molar-refractivity contribution in [1.29, 1.82) is 0 Å². The van der Waals surface area contributed by atoms with E-state index in [1.165, 1.54) is 11.1 Å². The van der Waals surface area contributed by atoms with Gasteiger partial charge in [-0.2, -0.15) is 0 Å². The van der Waals surface area contributed by atoms with Gasteiger partial charge in [0.2, 0.25) is 0 Å². The lowest BCUT2D eigenvalue weighted by atomic mass is 10.1. The number of ether oxygens (including phenoxy) is 1. The highest BCUT2D eigenvalue weighted by molar-refractivity contribution is 5.79. The van der Waals surface area contributed by atoms with E-state index in [1.807, 2.05) is 38.5 Å². The molecule has 7 nitrogen and oxygen atoms in total. The number of rotatable bonds is 7. The normalized spacial score (nSPS) is 15.0. The summed E-state index contributed by atoms with van der Waals surface area (Å²) in [5.74, 6) is 1.74. The molecule has 168 valence electrons. The van der Waals surface area contributed by atoms with Gasteiger partial charge in [-0.25, -0.2) is 4.98 Å². The zero-order valence-electron chi connectivity index (χ0n) is 18.9. The van der Waals surface area contributed by atoms with Crippen LogP contribution in [-0.4, -0.2) is 66.1 Å². The molecule has 0 saturated carbocycles. The van der Waals surface area contributed by atoms with Crippen LogP contribution in [-0.2, 0) is 24.4 Å². The number of nitrogens with zero attached hydrogens (tertiary/aromatic N) is 4. The maximum atomic E-state index is 5.48. The number of aliphatic imine (C=N–C) groups is 1. The molecular formula is C25H32N6O. The van der Waals surface area contributed by atoms with E-state index >= 15 is 0 Å². The number of guanidine groups is 1. The molecule has 1 saturated heterocycles. The minimum atomic E-state index is 0.641. The van der Waals surface area contributed by atoms with Gasteiger partial charge in [0.05, 0.1) is 31.6 Å². The quantitative estimate of drug-likeness (QED) is 0.444. The van der Waals surface area contributed by atoms with Crippen LogP contribution in [0.25, 0.3) is 11.3 Å². The van der Waals surface area contributed by atoms with E-state index in [0.717, 1.165) is 62.4 Å². The van der Waals surface area contributed by atoms with Gasteiger partial charge in [-0.05, 0) is 16.7 Å². The molecule has 3 aromatic rings. The van der Waals surface area contributed by atoms with Gasteiger partial charge in [0.25, 0.3) is 0 Å². The number of imidazole rings is 1. The molecular weight excluding hydrogens is 400 g/mol. The van der Waals surface area contributed by atoms with Crippen LogP contribution in [0.4, 0.5) is 0 Å². The minimum absolute atomic E-state index is 0.641. The van der Waals surface area contributed by atoms with Crippen molar-refractivity contribution < 1.29 is 4.74 Å². The van der Waals surface area contributed by atoms with Crippen molar-refractivity contribution in [3.05, 3.63) is 77.7 Å². The standard InChI is InChI=1S/C25H32N6O/c1-26-25(30(2)19-24-27-17-23(29-24)20-8-4-3-5-9-20)28-16-21-10-6-7-11-22(21)18-31-12-14-32-15-13-31/h3-11,17H,12-16,18-19H2,1-2H3,(H,26,28)(H,27,29). The number of hydrogen-bond donors (Lipinski definition) is 2.